The van der Waals surface area contributed by atoms with Crippen molar-refractivity contribution in [3.63, 3.8) is 0 Å². The largest absolute Gasteiger partial charge is 0.371 e. The van der Waals surface area contributed by atoms with Crippen LogP contribution in [0.3, 0.4) is 0 Å². The van der Waals surface area contributed by atoms with Gasteiger partial charge in [0.2, 0.25) is 0 Å². The Morgan fingerprint density at radius 2 is 2.11 bits per heavy atom. The molecule has 0 unspecified atom stereocenters. The maximum absolute atomic E-state index is 6.01. The third-order valence-corrected chi connectivity index (χ3v) is 3.66. The predicted octanol–water partition coefficient (Wildman–Crippen LogP) is 4.51. The van der Waals surface area contributed by atoms with E-state index >= 15 is 0 Å². The van der Waals surface area contributed by atoms with Crippen LogP contribution in [0.5, 0.6) is 0 Å². The minimum atomic E-state index is 0.524. The minimum absolute atomic E-state index is 0.524. The van der Waals surface area contributed by atoms with Gasteiger partial charge in [-0.3, -0.25) is 4.98 Å². The maximum Gasteiger partial charge on any atom is 0.0737 e. The molecule has 0 aliphatic heterocycles. The Morgan fingerprint density at radius 3 is 2.83 bits per heavy atom. The van der Waals surface area contributed by atoms with E-state index in [0.717, 1.165) is 15.9 Å². The number of anilines is 1. The van der Waals surface area contributed by atoms with Crippen LogP contribution in [0, 0.1) is 0 Å². The first-order chi connectivity index (χ1) is 8.63. The number of hydrogen-bond donors (Lipinski definition) is 0. The van der Waals surface area contributed by atoms with Crippen LogP contribution in [0.4, 0.5) is 5.69 Å². The fraction of sp³-hybridized carbons (Fsp3) is 0.400. The molecule has 0 amide bonds. The van der Waals surface area contributed by atoms with Crippen LogP contribution < -0.4 is 4.90 Å². The number of rotatable bonds is 4. The molecule has 0 N–H and O–H groups in total. The number of benzene rings is 1. The molecule has 96 valence electrons. The second-order valence-electron chi connectivity index (χ2n) is 4.74. The third-order valence-electron chi connectivity index (χ3n) is 3.43. The monoisotopic (exact) mass is 262 g/mol. The Hall–Kier alpha value is -1.28. The van der Waals surface area contributed by atoms with Gasteiger partial charge in [-0.1, -0.05) is 24.9 Å². The van der Waals surface area contributed by atoms with Crippen LogP contribution in [0.25, 0.3) is 10.9 Å². The zero-order valence-corrected chi connectivity index (χ0v) is 11.9. The molecule has 0 radical (unpaired) electrons. The van der Waals surface area contributed by atoms with Crippen LogP contribution in [0.2, 0.25) is 5.02 Å². The number of pyridine rings is 1. The summed E-state index contributed by atoms with van der Waals surface area (Å²) in [5.74, 6) is 0. The van der Waals surface area contributed by atoms with Crippen molar-refractivity contribution >= 4 is 28.2 Å². The standard InChI is InChI=1S/C15H19ClN2/c1-4-5-11(2)18(3)15-8-9-17-14-10-12(16)6-7-13(14)15/h6-11H,4-5H2,1-3H3/t11-/m0/s1. The van der Waals surface area contributed by atoms with Crippen LogP contribution in [-0.4, -0.2) is 18.1 Å². The molecule has 0 spiro atoms. The van der Waals surface area contributed by atoms with Crippen LogP contribution in [0.1, 0.15) is 26.7 Å². The second kappa shape index (κ2) is 5.57. The molecule has 2 aromatic rings. The first-order valence-electron chi connectivity index (χ1n) is 6.40. The van der Waals surface area contributed by atoms with Gasteiger partial charge in [-0.05, 0) is 37.6 Å². The molecule has 2 rings (SSSR count). The van der Waals surface area contributed by atoms with Gasteiger partial charge in [0.15, 0.2) is 0 Å². The van der Waals surface area contributed by atoms with E-state index in [1.807, 2.05) is 18.3 Å². The molecule has 3 heteroatoms. The molecule has 18 heavy (non-hydrogen) atoms. The summed E-state index contributed by atoms with van der Waals surface area (Å²) < 4.78 is 0. The van der Waals surface area contributed by atoms with E-state index in [9.17, 15) is 0 Å². The number of halogens is 1. The Morgan fingerprint density at radius 1 is 1.33 bits per heavy atom. The topological polar surface area (TPSA) is 16.1 Å². The Balaban J connectivity index is 2.44. The number of nitrogens with zero attached hydrogens (tertiary/aromatic N) is 2. The maximum atomic E-state index is 6.01. The highest BCUT2D eigenvalue weighted by Crippen LogP contribution is 2.28. The fourth-order valence-electron chi connectivity index (χ4n) is 2.26. The summed E-state index contributed by atoms with van der Waals surface area (Å²) in [4.78, 5) is 6.70. The molecule has 2 nitrogen and oxygen atoms in total. The molecule has 1 atom stereocenters. The lowest BCUT2D eigenvalue weighted by atomic mass is 10.1. The van der Waals surface area contributed by atoms with Crippen LogP contribution in [0.15, 0.2) is 30.5 Å². The van der Waals surface area contributed by atoms with Crippen molar-refractivity contribution in [2.75, 3.05) is 11.9 Å². The van der Waals surface area contributed by atoms with Gasteiger partial charge in [-0.15, -0.1) is 0 Å². The highest BCUT2D eigenvalue weighted by Gasteiger charge is 2.12. The summed E-state index contributed by atoms with van der Waals surface area (Å²) in [5, 5.41) is 1.89. The van der Waals surface area contributed by atoms with Crippen molar-refractivity contribution < 1.29 is 0 Å². The quantitative estimate of drug-likeness (QED) is 0.806. The number of aromatic nitrogens is 1. The van der Waals surface area contributed by atoms with Gasteiger partial charge in [0, 0.05) is 35.4 Å². The lowest BCUT2D eigenvalue weighted by Crippen LogP contribution is -2.28. The van der Waals surface area contributed by atoms with Crippen molar-refractivity contribution in [2.45, 2.75) is 32.7 Å². The Labute approximate surface area is 114 Å². The first kappa shape index (κ1) is 13.2. The zero-order chi connectivity index (χ0) is 13.1. The summed E-state index contributed by atoms with van der Waals surface area (Å²) in [5.41, 5.74) is 2.17. The van der Waals surface area contributed by atoms with E-state index in [2.05, 4.69) is 42.9 Å². The predicted molar refractivity (Wildman–Crippen MR) is 79.5 cm³/mol. The molecular formula is C15H19ClN2. The average Bonchev–Trinajstić information content (AvgIpc) is 2.37. The lowest BCUT2D eigenvalue weighted by Gasteiger charge is -2.27. The van der Waals surface area contributed by atoms with E-state index < -0.39 is 0 Å². The van der Waals surface area contributed by atoms with Crippen molar-refractivity contribution in [2.24, 2.45) is 0 Å². The first-order valence-corrected chi connectivity index (χ1v) is 6.78. The summed E-state index contributed by atoms with van der Waals surface area (Å²) in [6.45, 7) is 4.47. The van der Waals surface area contributed by atoms with Crippen molar-refractivity contribution in [3.8, 4) is 0 Å². The summed E-state index contributed by atoms with van der Waals surface area (Å²) >= 11 is 6.01. The van der Waals surface area contributed by atoms with Crippen LogP contribution in [-0.2, 0) is 0 Å². The molecule has 1 aromatic carbocycles. The highest BCUT2D eigenvalue weighted by molar-refractivity contribution is 6.31. The van der Waals surface area contributed by atoms with Gasteiger partial charge >= 0.3 is 0 Å². The van der Waals surface area contributed by atoms with E-state index in [1.165, 1.54) is 18.5 Å². The fourth-order valence-corrected chi connectivity index (χ4v) is 2.43. The molecular weight excluding hydrogens is 244 g/mol. The van der Waals surface area contributed by atoms with Crippen LogP contribution >= 0.6 is 11.6 Å². The molecule has 1 heterocycles. The second-order valence-corrected chi connectivity index (χ2v) is 5.18. The molecule has 0 fully saturated rings. The SMILES string of the molecule is CCC[C@H](C)N(C)c1ccnc2cc(Cl)ccc12. The minimum Gasteiger partial charge on any atom is -0.371 e. The summed E-state index contributed by atoms with van der Waals surface area (Å²) in [6.07, 6.45) is 4.23. The number of hydrogen-bond acceptors (Lipinski definition) is 2. The lowest BCUT2D eigenvalue weighted by molar-refractivity contribution is 0.617. The molecule has 0 aliphatic carbocycles. The highest BCUT2D eigenvalue weighted by atomic mass is 35.5. The third kappa shape index (κ3) is 2.59. The smallest absolute Gasteiger partial charge is 0.0737 e. The van der Waals surface area contributed by atoms with Gasteiger partial charge in [-0.2, -0.15) is 0 Å². The Bertz CT molecular complexity index is 539. The van der Waals surface area contributed by atoms with Crippen molar-refractivity contribution in [1.29, 1.82) is 0 Å². The van der Waals surface area contributed by atoms with E-state index in [0.29, 0.717) is 6.04 Å². The van der Waals surface area contributed by atoms with E-state index in [1.54, 1.807) is 0 Å². The van der Waals surface area contributed by atoms with Gasteiger partial charge in [0.25, 0.3) is 0 Å². The van der Waals surface area contributed by atoms with Gasteiger partial charge < -0.3 is 4.90 Å². The van der Waals surface area contributed by atoms with Gasteiger partial charge in [-0.25, -0.2) is 0 Å². The number of fused-ring (bicyclic) bond motifs is 1. The summed E-state index contributed by atoms with van der Waals surface area (Å²) in [6, 6.07) is 8.49. The van der Waals surface area contributed by atoms with Gasteiger partial charge in [0.1, 0.15) is 0 Å². The summed E-state index contributed by atoms with van der Waals surface area (Å²) in [7, 11) is 2.14. The normalized spacial score (nSPS) is 12.7. The molecule has 1 aromatic heterocycles. The molecule has 0 bridgehead atoms. The zero-order valence-electron chi connectivity index (χ0n) is 11.2. The Kier molecular flexibility index (Phi) is 4.07. The van der Waals surface area contributed by atoms with Crippen molar-refractivity contribution in [3.05, 3.63) is 35.5 Å². The van der Waals surface area contributed by atoms with Gasteiger partial charge in [0.05, 0.1) is 5.52 Å². The van der Waals surface area contributed by atoms with E-state index in [-0.39, 0.29) is 0 Å². The average molecular weight is 263 g/mol. The molecule has 0 saturated heterocycles. The van der Waals surface area contributed by atoms with E-state index in [4.69, 9.17) is 11.6 Å². The molecule has 0 saturated carbocycles. The van der Waals surface area contributed by atoms with Crippen molar-refractivity contribution in [1.82, 2.24) is 4.98 Å². The molecule has 0 aliphatic rings.